The largest absolute Gasteiger partial charge is 0.495 e. The quantitative estimate of drug-likeness (QED) is 0.576. The molecule has 2 heterocycles. The van der Waals surface area contributed by atoms with E-state index in [1.807, 2.05) is 27.7 Å². The summed E-state index contributed by atoms with van der Waals surface area (Å²) in [6.07, 6.45) is -6.65. The molecule has 2 amide bonds. The topological polar surface area (TPSA) is 60.0 Å². The lowest BCUT2D eigenvalue weighted by atomic mass is 9.76. The van der Waals surface area contributed by atoms with Crippen LogP contribution in [0, 0.1) is 12.7 Å². The molecule has 1 atom stereocenters. The number of hydrogen-bond donors (Lipinski definition) is 1. The van der Waals surface area contributed by atoms with Crippen LogP contribution in [-0.4, -0.2) is 61.2 Å². The number of ether oxygens (including phenoxy) is 1. The lowest BCUT2D eigenvalue weighted by Crippen LogP contribution is -2.52. The molecule has 2 aliphatic rings. The predicted molar refractivity (Wildman–Crippen MR) is 103 cm³/mol. The van der Waals surface area contributed by atoms with Gasteiger partial charge in [-0.2, -0.15) is 13.2 Å². The van der Waals surface area contributed by atoms with Crippen LogP contribution >= 0.6 is 0 Å². The van der Waals surface area contributed by atoms with Crippen molar-refractivity contribution < 1.29 is 36.4 Å². The summed E-state index contributed by atoms with van der Waals surface area (Å²) in [6.45, 7) is 8.25. The number of halogens is 4. The zero-order valence-corrected chi connectivity index (χ0v) is 17.5. The summed E-state index contributed by atoms with van der Waals surface area (Å²) in [7, 11) is -0.774. The first kappa shape index (κ1) is 22.8. The van der Waals surface area contributed by atoms with Gasteiger partial charge in [0.1, 0.15) is 5.82 Å². The molecule has 1 N–H and O–H groups in total. The molecule has 0 aromatic heterocycles. The Balaban J connectivity index is 1.79. The van der Waals surface area contributed by atoms with Crippen LogP contribution in [0.5, 0.6) is 0 Å². The molecule has 2 fully saturated rings. The molecule has 11 heteroatoms. The lowest BCUT2D eigenvalue weighted by molar-refractivity contribution is -0.233. The average molecular weight is 432 g/mol. The Hall–Kier alpha value is -1.85. The zero-order chi connectivity index (χ0) is 22.5. The monoisotopic (exact) mass is 432 g/mol. The van der Waals surface area contributed by atoms with Crippen molar-refractivity contribution >= 4 is 24.3 Å². The Bertz CT molecular complexity index is 815. The fraction of sp³-hybridized carbons (Fsp3) is 0.632. The third-order valence-corrected chi connectivity index (χ3v) is 5.82. The molecule has 1 aromatic carbocycles. The van der Waals surface area contributed by atoms with E-state index >= 15 is 0 Å². The Morgan fingerprint density at radius 2 is 1.80 bits per heavy atom. The summed E-state index contributed by atoms with van der Waals surface area (Å²) in [5.74, 6) is -0.707. The van der Waals surface area contributed by atoms with Crippen molar-refractivity contribution in [1.29, 1.82) is 0 Å². The second-order valence-corrected chi connectivity index (χ2v) is 8.55. The van der Waals surface area contributed by atoms with Gasteiger partial charge >= 0.3 is 19.3 Å². The summed E-state index contributed by atoms with van der Waals surface area (Å²) in [5.41, 5.74) is -0.289. The van der Waals surface area contributed by atoms with E-state index in [0.29, 0.717) is 11.0 Å². The van der Waals surface area contributed by atoms with E-state index in [9.17, 15) is 22.4 Å². The number of rotatable bonds is 2. The summed E-state index contributed by atoms with van der Waals surface area (Å²) < 4.78 is 69.8. The van der Waals surface area contributed by atoms with E-state index in [0.717, 1.165) is 4.90 Å². The van der Waals surface area contributed by atoms with Crippen LogP contribution in [0.3, 0.4) is 0 Å². The maximum atomic E-state index is 14.5. The van der Waals surface area contributed by atoms with Gasteiger partial charge in [-0.25, -0.2) is 9.18 Å². The minimum atomic E-state index is -4.59. The molecule has 30 heavy (non-hydrogen) atoms. The summed E-state index contributed by atoms with van der Waals surface area (Å²) >= 11 is 0. The fourth-order valence-corrected chi connectivity index (χ4v) is 3.24. The van der Waals surface area contributed by atoms with Crippen molar-refractivity contribution in [2.24, 2.45) is 0 Å². The van der Waals surface area contributed by atoms with E-state index in [1.54, 1.807) is 6.92 Å². The van der Waals surface area contributed by atoms with E-state index < -0.39 is 49.0 Å². The third kappa shape index (κ3) is 4.43. The minimum Gasteiger partial charge on any atom is -0.399 e. The molecule has 0 bridgehead atoms. The van der Waals surface area contributed by atoms with Gasteiger partial charge in [0.25, 0.3) is 0 Å². The highest BCUT2D eigenvalue weighted by Gasteiger charge is 2.52. The van der Waals surface area contributed by atoms with Gasteiger partial charge in [0, 0.05) is 6.54 Å². The molecule has 0 unspecified atom stereocenters. The van der Waals surface area contributed by atoms with E-state index in [1.165, 1.54) is 12.1 Å². The van der Waals surface area contributed by atoms with Crippen LogP contribution < -0.4 is 10.8 Å². The van der Waals surface area contributed by atoms with E-state index in [4.69, 9.17) is 9.31 Å². The average Bonchev–Trinajstić information content (AvgIpc) is 2.84. The van der Waals surface area contributed by atoms with Crippen molar-refractivity contribution in [3.63, 3.8) is 0 Å². The summed E-state index contributed by atoms with van der Waals surface area (Å²) in [4.78, 5) is 13.4. The lowest BCUT2D eigenvalue weighted by Gasteiger charge is -2.33. The number of carbonyl (C=O) groups excluding carboxylic acids is 1. The number of hydrogen-bond acceptors (Lipinski definition) is 4. The first-order valence-electron chi connectivity index (χ1n) is 9.61. The second-order valence-electron chi connectivity index (χ2n) is 8.55. The molecule has 166 valence electrons. The molecule has 6 nitrogen and oxygen atoms in total. The molecule has 0 radical (unpaired) electrons. The standard InChI is InChI=1S/C19H25BF4N2O4/c1-11-8-13(21)14(9-12(11)20-29-17(2,3)18(4,5)30-20)25-16(27)26-6-7-28-15(10-26)19(22,23)24/h8-9,15H,6-7,10H2,1-5H3,(H,25,27)/t15-/m0/s1. The van der Waals surface area contributed by atoms with E-state index in [2.05, 4.69) is 10.1 Å². The van der Waals surface area contributed by atoms with Gasteiger partial charge in [-0.1, -0.05) is 0 Å². The zero-order valence-electron chi connectivity index (χ0n) is 17.5. The van der Waals surface area contributed by atoms with E-state index in [-0.39, 0.29) is 18.8 Å². The van der Waals surface area contributed by atoms with Crippen molar-refractivity contribution in [1.82, 2.24) is 4.90 Å². The molecule has 1 aromatic rings. The maximum absolute atomic E-state index is 14.5. The Kier molecular flexibility index (Phi) is 5.85. The molecule has 0 saturated carbocycles. The highest BCUT2D eigenvalue weighted by atomic mass is 19.4. The van der Waals surface area contributed by atoms with Gasteiger partial charge in [0.15, 0.2) is 6.10 Å². The molecule has 2 aliphatic heterocycles. The van der Waals surface area contributed by atoms with Crippen molar-refractivity contribution in [3.05, 3.63) is 23.5 Å². The Morgan fingerprint density at radius 3 is 2.37 bits per heavy atom. The van der Waals surface area contributed by atoms with Gasteiger partial charge < -0.3 is 24.3 Å². The van der Waals surface area contributed by atoms with Crippen LogP contribution in [0.4, 0.5) is 28.0 Å². The number of amides is 2. The maximum Gasteiger partial charge on any atom is 0.495 e. The number of carbonyl (C=O) groups is 1. The van der Waals surface area contributed by atoms with Gasteiger partial charge in [-0.3, -0.25) is 0 Å². The van der Waals surface area contributed by atoms with Crippen LogP contribution in [0.15, 0.2) is 12.1 Å². The van der Waals surface area contributed by atoms with Gasteiger partial charge in [-0.15, -0.1) is 0 Å². The third-order valence-electron chi connectivity index (χ3n) is 5.82. The number of urea groups is 1. The molecule has 3 rings (SSSR count). The normalized spacial score (nSPS) is 23.6. The summed E-state index contributed by atoms with van der Waals surface area (Å²) in [6, 6.07) is 1.79. The Morgan fingerprint density at radius 1 is 1.20 bits per heavy atom. The van der Waals surface area contributed by atoms with Gasteiger partial charge in [0.05, 0.1) is 30.0 Å². The highest BCUT2D eigenvalue weighted by molar-refractivity contribution is 6.62. The van der Waals surface area contributed by atoms with Gasteiger partial charge in [0.2, 0.25) is 0 Å². The fourth-order valence-electron chi connectivity index (χ4n) is 3.24. The van der Waals surface area contributed by atoms with Crippen LogP contribution in [-0.2, 0) is 14.0 Å². The van der Waals surface area contributed by atoms with Crippen LogP contribution in [0.1, 0.15) is 33.3 Å². The number of alkyl halides is 3. The molecule has 0 spiro atoms. The number of nitrogens with zero attached hydrogens (tertiary/aromatic N) is 1. The number of anilines is 1. The first-order valence-corrected chi connectivity index (χ1v) is 9.61. The van der Waals surface area contributed by atoms with Crippen LogP contribution in [0.2, 0.25) is 0 Å². The number of nitrogens with one attached hydrogen (secondary N) is 1. The number of morpholine rings is 1. The van der Waals surface area contributed by atoms with Crippen molar-refractivity contribution in [2.75, 3.05) is 25.0 Å². The molecular formula is C19H25BF4N2O4. The number of benzene rings is 1. The van der Waals surface area contributed by atoms with Crippen molar-refractivity contribution in [2.45, 2.75) is 58.1 Å². The smallest absolute Gasteiger partial charge is 0.399 e. The van der Waals surface area contributed by atoms with Crippen LogP contribution in [0.25, 0.3) is 0 Å². The SMILES string of the molecule is Cc1cc(F)c(NC(=O)N2CCO[C@H](C(F)(F)F)C2)cc1B1OC(C)(C)C(C)(C)O1. The number of aryl methyl sites for hydroxylation is 1. The van der Waals surface area contributed by atoms with Gasteiger partial charge in [-0.05, 0) is 57.8 Å². The Labute approximate surface area is 173 Å². The predicted octanol–water partition coefficient (Wildman–Crippen LogP) is 3.23. The second kappa shape index (κ2) is 7.69. The molecule has 0 aliphatic carbocycles. The molecular weight excluding hydrogens is 407 g/mol. The first-order chi connectivity index (χ1) is 13.7. The molecule has 2 saturated heterocycles. The minimum absolute atomic E-state index is 0.0318. The highest BCUT2D eigenvalue weighted by Crippen LogP contribution is 2.37. The summed E-state index contributed by atoms with van der Waals surface area (Å²) in [5, 5.41) is 2.36. The van der Waals surface area contributed by atoms with Crippen molar-refractivity contribution in [3.8, 4) is 0 Å².